The SMILES string of the molecule is CCC=Nc1cccc(CCC(=O)OC)c1. The van der Waals surface area contributed by atoms with Gasteiger partial charge in [0.25, 0.3) is 0 Å². The molecule has 0 aliphatic rings. The number of carbonyl (C=O) groups excluding carboxylic acids is 1. The van der Waals surface area contributed by atoms with Crippen molar-refractivity contribution in [2.24, 2.45) is 4.99 Å². The lowest BCUT2D eigenvalue weighted by molar-refractivity contribution is -0.140. The fraction of sp³-hybridized carbons (Fsp3) is 0.385. The second-order valence-electron chi connectivity index (χ2n) is 3.47. The molecule has 0 fully saturated rings. The number of rotatable bonds is 5. The summed E-state index contributed by atoms with van der Waals surface area (Å²) in [4.78, 5) is 15.3. The maximum atomic E-state index is 11.0. The summed E-state index contributed by atoms with van der Waals surface area (Å²) in [6, 6.07) is 7.89. The van der Waals surface area contributed by atoms with E-state index in [2.05, 4.69) is 9.73 Å². The van der Waals surface area contributed by atoms with Gasteiger partial charge in [-0.25, -0.2) is 0 Å². The van der Waals surface area contributed by atoms with Crippen molar-refractivity contribution in [2.45, 2.75) is 26.2 Å². The Morgan fingerprint density at radius 1 is 1.50 bits per heavy atom. The highest BCUT2D eigenvalue weighted by atomic mass is 16.5. The van der Waals surface area contributed by atoms with Gasteiger partial charge in [0.15, 0.2) is 0 Å². The van der Waals surface area contributed by atoms with Gasteiger partial charge >= 0.3 is 5.97 Å². The maximum Gasteiger partial charge on any atom is 0.305 e. The fourth-order valence-electron chi connectivity index (χ4n) is 1.34. The van der Waals surface area contributed by atoms with Crippen LogP contribution in [0.1, 0.15) is 25.3 Å². The third-order valence-electron chi connectivity index (χ3n) is 2.18. The minimum absolute atomic E-state index is 0.178. The van der Waals surface area contributed by atoms with E-state index in [1.54, 1.807) is 0 Å². The quantitative estimate of drug-likeness (QED) is 0.564. The summed E-state index contributed by atoms with van der Waals surface area (Å²) in [5.41, 5.74) is 2.04. The van der Waals surface area contributed by atoms with Crippen molar-refractivity contribution in [3.63, 3.8) is 0 Å². The van der Waals surface area contributed by atoms with Crippen LogP contribution in [0.15, 0.2) is 29.3 Å². The van der Waals surface area contributed by atoms with E-state index in [1.165, 1.54) is 7.11 Å². The summed E-state index contributed by atoms with van der Waals surface area (Å²) in [5, 5.41) is 0. The van der Waals surface area contributed by atoms with Gasteiger partial charge in [-0.2, -0.15) is 0 Å². The molecule has 0 saturated carbocycles. The molecule has 0 aliphatic carbocycles. The minimum Gasteiger partial charge on any atom is -0.469 e. The Bertz CT molecular complexity index is 372. The molecule has 0 radical (unpaired) electrons. The topological polar surface area (TPSA) is 38.7 Å². The molecule has 0 atom stereocenters. The first-order chi connectivity index (χ1) is 7.76. The normalized spacial score (nSPS) is 10.6. The zero-order chi connectivity index (χ0) is 11.8. The molecule has 0 N–H and O–H groups in total. The molecule has 0 heterocycles. The summed E-state index contributed by atoms with van der Waals surface area (Å²) in [6.45, 7) is 2.05. The predicted octanol–water partition coefficient (Wildman–Crippen LogP) is 2.90. The van der Waals surface area contributed by atoms with E-state index in [0.717, 1.165) is 17.7 Å². The monoisotopic (exact) mass is 219 g/mol. The molecular weight excluding hydrogens is 202 g/mol. The van der Waals surface area contributed by atoms with Crippen LogP contribution in [0.4, 0.5) is 5.69 Å². The number of esters is 1. The Balaban J connectivity index is 2.60. The van der Waals surface area contributed by atoms with Crippen molar-refractivity contribution in [3.8, 4) is 0 Å². The van der Waals surface area contributed by atoms with Crippen LogP contribution in [0, 0.1) is 0 Å². The number of nitrogens with zero attached hydrogens (tertiary/aromatic N) is 1. The van der Waals surface area contributed by atoms with Crippen LogP contribution in [0.25, 0.3) is 0 Å². The van der Waals surface area contributed by atoms with E-state index >= 15 is 0 Å². The number of carbonyl (C=O) groups is 1. The molecule has 3 heteroatoms. The molecule has 0 aliphatic heterocycles. The van der Waals surface area contributed by atoms with Crippen LogP contribution >= 0.6 is 0 Å². The minimum atomic E-state index is -0.178. The molecule has 16 heavy (non-hydrogen) atoms. The first-order valence-corrected chi connectivity index (χ1v) is 5.44. The molecule has 0 amide bonds. The van der Waals surface area contributed by atoms with Crippen LogP contribution < -0.4 is 0 Å². The second kappa shape index (κ2) is 6.77. The van der Waals surface area contributed by atoms with Gasteiger partial charge in [0.2, 0.25) is 0 Å². The van der Waals surface area contributed by atoms with Gasteiger partial charge in [0, 0.05) is 12.6 Å². The molecular formula is C13H17NO2. The number of methoxy groups -OCH3 is 1. The van der Waals surface area contributed by atoms with Crippen LogP contribution in [0.3, 0.4) is 0 Å². The number of ether oxygens (including phenoxy) is 1. The van der Waals surface area contributed by atoms with E-state index in [1.807, 2.05) is 37.4 Å². The predicted molar refractivity (Wildman–Crippen MR) is 65.2 cm³/mol. The lowest BCUT2D eigenvalue weighted by atomic mass is 10.1. The number of aryl methyl sites for hydroxylation is 1. The van der Waals surface area contributed by atoms with Gasteiger partial charge in [0.05, 0.1) is 12.8 Å². The first kappa shape index (κ1) is 12.4. The lowest BCUT2D eigenvalue weighted by Gasteiger charge is -2.01. The molecule has 0 aromatic heterocycles. The molecule has 3 nitrogen and oxygen atoms in total. The average molecular weight is 219 g/mol. The molecule has 86 valence electrons. The summed E-state index contributed by atoms with van der Waals surface area (Å²) in [7, 11) is 1.41. The van der Waals surface area contributed by atoms with Crippen LogP contribution in [-0.4, -0.2) is 19.3 Å². The van der Waals surface area contributed by atoms with Crippen LogP contribution in [-0.2, 0) is 16.0 Å². The van der Waals surface area contributed by atoms with Crippen molar-refractivity contribution in [1.29, 1.82) is 0 Å². The Morgan fingerprint density at radius 2 is 2.31 bits per heavy atom. The number of benzene rings is 1. The third-order valence-corrected chi connectivity index (χ3v) is 2.18. The molecule has 0 saturated heterocycles. The highest BCUT2D eigenvalue weighted by Gasteiger charge is 2.01. The zero-order valence-corrected chi connectivity index (χ0v) is 9.77. The highest BCUT2D eigenvalue weighted by molar-refractivity contribution is 5.69. The summed E-state index contributed by atoms with van der Waals surface area (Å²) >= 11 is 0. The Morgan fingerprint density at radius 3 is 3.00 bits per heavy atom. The molecule has 0 unspecified atom stereocenters. The average Bonchev–Trinajstić information content (AvgIpc) is 2.34. The number of hydrogen-bond donors (Lipinski definition) is 0. The van der Waals surface area contributed by atoms with Gasteiger partial charge in [-0.05, 0) is 30.5 Å². The zero-order valence-electron chi connectivity index (χ0n) is 9.77. The molecule has 0 bridgehead atoms. The van der Waals surface area contributed by atoms with E-state index in [9.17, 15) is 4.79 Å². The first-order valence-electron chi connectivity index (χ1n) is 5.44. The van der Waals surface area contributed by atoms with E-state index < -0.39 is 0 Å². The fourth-order valence-corrected chi connectivity index (χ4v) is 1.34. The summed E-state index contributed by atoms with van der Waals surface area (Å²) in [5.74, 6) is -0.178. The van der Waals surface area contributed by atoms with Gasteiger partial charge in [-0.3, -0.25) is 9.79 Å². The Labute approximate surface area is 96.2 Å². The molecule has 1 aromatic carbocycles. The Kier molecular flexibility index (Phi) is 5.26. The second-order valence-corrected chi connectivity index (χ2v) is 3.47. The summed E-state index contributed by atoms with van der Waals surface area (Å²) < 4.78 is 4.60. The van der Waals surface area contributed by atoms with Gasteiger partial charge in [0.1, 0.15) is 0 Å². The smallest absolute Gasteiger partial charge is 0.305 e. The van der Waals surface area contributed by atoms with Gasteiger partial charge in [-0.15, -0.1) is 0 Å². The van der Waals surface area contributed by atoms with Crippen molar-refractivity contribution in [1.82, 2.24) is 0 Å². The van der Waals surface area contributed by atoms with Crippen molar-refractivity contribution in [3.05, 3.63) is 29.8 Å². The third kappa shape index (κ3) is 4.26. The lowest BCUT2D eigenvalue weighted by Crippen LogP contribution is -2.01. The number of aliphatic imine (C=N–C) groups is 1. The van der Waals surface area contributed by atoms with E-state index in [4.69, 9.17) is 0 Å². The van der Waals surface area contributed by atoms with E-state index in [0.29, 0.717) is 12.8 Å². The standard InChI is InChI=1S/C13H17NO2/c1-3-9-14-12-6-4-5-11(10-12)7-8-13(15)16-2/h4-6,9-10H,3,7-8H2,1-2H3. The summed E-state index contributed by atoms with van der Waals surface area (Å²) in [6.07, 6.45) is 3.91. The molecule has 1 aromatic rings. The Hall–Kier alpha value is -1.64. The van der Waals surface area contributed by atoms with E-state index in [-0.39, 0.29) is 5.97 Å². The molecule has 0 spiro atoms. The molecule has 1 rings (SSSR count). The largest absolute Gasteiger partial charge is 0.469 e. The van der Waals surface area contributed by atoms with Gasteiger partial charge < -0.3 is 4.74 Å². The van der Waals surface area contributed by atoms with Crippen LogP contribution in [0.5, 0.6) is 0 Å². The van der Waals surface area contributed by atoms with Crippen molar-refractivity contribution < 1.29 is 9.53 Å². The van der Waals surface area contributed by atoms with Crippen LogP contribution in [0.2, 0.25) is 0 Å². The van der Waals surface area contributed by atoms with Gasteiger partial charge in [-0.1, -0.05) is 19.1 Å². The maximum absolute atomic E-state index is 11.0. The van der Waals surface area contributed by atoms with Crippen molar-refractivity contribution >= 4 is 17.9 Å². The number of hydrogen-bond acceptors (Lipinski definition) is 3. The van der Waals surface area contributed by atoms with Crippen molar-refractivity contribution in [2.75, 3.05) is 7.11 Å². The highest BCUT2D eigenvalue weighted by Crippen LogP contribution is 2.15.